The van der Waals surface area contributed by atoms with Gasteiger partial charge in [0, 0.05) is 6.04 Å². The predicted octanol–water partition coefficient (Wildman–Crippen LogP) is 6.90. The topological polar surface area (TPSA) is 3.24 Å². The fourth-order valence-electron chi connectivity index (χ4n) is 4.38. The Labute approximate surface area is 166 Å². The van der Waals surface area contributed by atoms with E-state index in [9.17, 15) is 4.39 Å². The Balaban J connectivity index is 2.09. The summed E-state index contributed by atoms with van der Waals surface area (Å²) in [6.07, 6.45) is 8.29. The van der Waals surface area contributed by atoms with E-state index >= 15 is 0 Å². The van der Waals surface area contributed by atoms with Crippen LogP contribution >= 0.6 is 0 Å². The normalized spacial score (nSPS) is 17.6. The molecule has 1 saturated heterocycles. The highest BCUT2D eigenvalue weighted by atomic mass is 19.1. The molecule has 2 rings (SSSR count). The second-order valence-corrected chi connectivity index (χ2v) is 9.12. The van der Waals surface area contributed by atoms with Crippen LogP contribution in [0.1, 0.15) is 72.3 Å². The fourth-order valence-corrected chi connectivity index (χ4v) is 4.38. The molecule has 0 aromatic heterocycles. The van der Waals surface area contributed by atoms with E-state index in [1.807, 2.05) is 12.1 Å². The molecule has 2 heteroatoms. The summed E-state index contributed by atoms with van der Waals surface area (Å²) in [5.74, 6) is 0.531. The van der Waals surface area contributed by atoms with E-state index in [4.69, 9.17) is 0 Å². The first-order valence-electron chi connectivity index (χ1n) is 10.6. The lowest BCUT2D eigenvalue weighted by Crippen LogP contribution is -2.43. The molecular formula is C25H38FN. The number of halogens is 1. The number of hydrogen-bond acceptors (Lipinski definition) is 1. The van der Waals surface area contributed by atoms with Gasteiger partial charge in [-0.1, -0.05) is 63.1 Å². The molecule has 0 N–H and O–H groups in total. The molecule has 150 valence electrons. The van der Waals surface area contributed by atoms with Crippen LogP contribution in [-0.2, 0) is 5.41 Å². The molecule has 1 aromatic carbocycles. The van der Waals surface area contributed by atoms with Crippen molar-refractivity contribution in [2.24, 2.45) is 5.92 Å². The summed E-state index contributed by atoms with van der Waals surface area (Å²) in [7, 11) is 0. The SMILES string of the molecule is C=C(CCC)C1CCN(C(C=C(C)C)CC(C)(C)c2ccc(F)cc2)CC1. The third-order valence-electron chi connectivity index (χ3n) is 6.02. The molecule has 1 heterocycles. The van der Waals surface area contributed by atoms with E-state index < -0.39 is 0 Å². The van der Waals surface area contributed by atoms with Crippen molar-refractivity contribution in [3.63, 3.8) is 0 Å². The molecule has 0 radical (unpaired) electrons. The Morgan fingerprint density at radius 1 is 1.22 bits per heavy atom. The first-order chi connectivity index (χ1) is 12.7. The second-order valence-electron chi connectivity index (χ2n) is 9.12. The first kappa shape index (κ1) is 21.9. The van der Waals surface area contributed by atoms with E-state index in [0.717, 1.165) is 19.5 Å². The quantitative estimate of drug-likeness (QED) is 0.449. The van der Waals surface area contributed by atoms with Crippen LogP contribution < -0.4 is 0 Å². The third kappa shape index (κ3) is 6.31. The number of hydrogen-bond donors (Lipinski definition) is 0. The first-order valence-corrected chi connectivity index (χ1v) is 10.6. The van der Waals surface area contributed by atoms with Crippen LogP contribution in [0, 0.1) is 11.7 Å². The minimum Gasteiger partial charge on any atom is -0.297 e. The lowest BCUT2D eigenvalue weighted by molar-refractivity contribution is 0.145. The van der Waals surface area contributed by atoms with Gasteiger partial charge in [-0.05, 0) is 81.6 Å². The molecule has 0 aliphatic carbocycles. The minimum absolute atomic E-state index is 0.00692. The number of benzene rings is 1. The van der Waals surface area contributed by atoms with Crippen molar-refractivity contribution >= 4 is 0 Å². The van der Waals surface area contributed by atoms with Crippen molar-refractivity contribution in [2.75, 3.05) is 13.1 Å². The maximum absolute atomic E-state index is 13.3. The number of allylic oxidation sites excluding steroid dienone is 2. The summed E-state index contributed by atoms with van der Waals surface area (Å²) in [6, 6.07) is 7.47. The molecule has 0 bridgehead atoms. The lowest BCUT2D eigenvalue weighted by atomic mass is 9.77. The number of nitrogens with zero attached hydrogens (tertiary/aromatic N) is 1. The van der Waals surface area contributed by atoms with Gasteiger partial charge in [0.15, 0.2) is 0 Å². The van der Waals surface area contributed by atoms with Crippen LogP contribution in [0.4, 0.5) is 4.39 Å². The highest BCUT2D eigenvalue weighted by Gasteiger charge is 2.30. The van der Waals surface area contributed by atoms with E-state index in [2.05, 4.69) is 52.2 Å². The maximum Gasteiger partial charge on any atom is 0.123 e. The van der Waals surface area contributed by atoms with Gasteiger partial charge in [0.2, 0.25) is 0 Å². The Morgan fingerprint density at radius 3 is 2.33 bits per heavy atom. The molecule has 1 nitrogen and oxygen atoms in total. The van der Waals surface area contributed by atoms with Crippen LogP contribution in [0.15, 0.2) is 48.1 Å². The highest BCUT2D eigenvalue weighted by molar-refractivity contribution is 5.25. The zero-order chi connectivity index (χ0) is 20.0. The average molecular weight is 372 g/mol. The molecule has 1 fully saturated rings. The molecular weight excluding hydrogens is 333 g/mol. The van der Waals surface area contributed by atoms with Crippen LogP contribution in [-0.4, -0.2) is 24.0 Å². The molecule has 1 aliphatic rings. The summed E-state index contributed by atoms with van der Waals surface area (Å²) >= 11 is 0. The van der Waals surface area contributed by atoms with E-state index in [1.54, 1.807) is 12.1 Å². The molecule has 0 spiro atoms. The summed E-state index contributed by atoms with van der Waals surface area (Å²) in [5.41, 5.74) is 4.03. The van der Waals surface area contributed by atoms with Crippen molar-refractivity contribution in [3.05, 3.63) is 59.4 Å². The zero-order valence-corrected chi connectivity index (χ0v) is 18.0. The largest absolute Gasteiger partial charge is 0.297 e. The molecule has 1 aliphatic heterocycles. The molecule has 27 heavy (non-hydrogen) atoms. The summed E-state index contributed by atoms with van der Waals surface area (Å²) in [6.45, 7) is 17.8. The van der Waals surface area contributed by atoms with Crippen molar-refractivity contribution in [2.45, 2.75) is 78.2 Å². The van der Waals surface area contributed by atoms with Gasteiger partial charge in [0.25, 0.3) is 0 Å². The highest BCUT2D eigenvalue weighted by Crippen LogP contribution is 2.34. The fraction of sp³-hybridized carbons (Fsp3) is 0.600. The van der Waals surface area contributed by atoms with Gasteiger partial charge in [-0.2, -0.15) is 0 Å². The van der Waals surface area contributed by atoms with Crippen molar-refractivity contribution < 1.29 is 4.39 Å². The number of piperidine rings is 1. The van der Waals surface area contributed by atoms with Gasteiger partial charge in [-0.3, -0.25) is 4.90 Å². The maximum atomic E-state index is 13.3. The van der Waals surface area contributed by atoms with E-state index in [0.29, 0.717) is 12.0 Å². The van der Waals surface area contributed by atoms with Crippen molar-refractivity contribution in [1.82, 2.24) is 4.90 Å². The zero-order valence-electron chi connectivity index (χ0n) is 18.0. The molecule has 1 atom stereocenters. The van der Waals surface area contributed by atoms with Crippen LogP contribution in [0.5, 0.6) is 0 Å². The molecule has 0 amide bonds. The van der Waals surface area contributed by atoms with Gasteiger partial charge in [-0.25, -0.2) is 4.39 Å². The Morgan fingerprint density at radius 2 is 1.81 bits per heavy atom. The predicted molar refractivity (Wildman–Crippen MR) is 116 cm³/mol. The Hall–Kier alpha value is -1.41. The molecule has 1 unspecified atom stereocenters. The monoisotopic (exact) mass is 371 g/mol. The van der Waals surface area contributed by atoms with Gasteiger partial charge in [0.1, 0.15) is 5.82 Å². The Bertz CT molecular complexity index is 629. The van der Waals surface area contributed by atoms with E-state index in [-0.39, 0.29) is 11.2 Å². The van der Waals surface area contributed by atoms with Crippen LogP contribution in [0.25, 0.3) is 0 Å². The van der Waals surface area contributed by atoms with Gasteiger partial charge >= 0.3 is 0 Å². The second kappa shape index (κ2) is 9.68. The molecule has 0 saturated carbocycles. The van der Waals surface area contributed by atoms with Crippen molar-refractivity contribution in [1.29, 1.82) is 0 Å². The smallest absolute Gasteiger partial charge is 0.123 e. The number of likely N-dealkylation sites (tertiary alicyclic amines) is 1. The van der Waals surface area contributed by atoms with Crippen molar-refractivity contribution in [3.8, 4) is 0 Å². The van der Waals surface area contributed by atoms with Gasteiger partial charge < -0.3 is 0 Å². The van der Waals surface area contributed by atoms with Gasteiger partial charge in [0.05, 0.1) is 0 Å². The average Bonchev–Trinajstić information content (AvgIpc) is 2.61. The third-order valence-corrected chi connectivity index (χ3v) is 6.02. The standard InChI is InChI=1S/C25H38FN/c1-7-8-20(4)21-13-15-27(16-14-21)24(17-19(2)3)18-25(5,6)22-9-11-23(26)12-10-22/h9-12,17,21,24H,4,7-8,13-16,18H2,1-3,5-6H3. The molecule has 1 aromatic rings. The van der Waals surface area contributed by atoms with Crippen LogP contribution in [0.2, 0.25) is 0 Å². The summed E-state index contributed by atoms with van der Waals surface area (Å²) in [5, 5.41) is 0. The van der Waals surface area contributed by atoms with Crippen LogP contribution in [0.3, 0.4) is 0 Å². The number of rotatable bonds is 8. The lowest BCUT2D eigenvalue weighted by Gasteiger charge is -2.40. The van der Waals surface area contributed by atoms with Gasteiger partial charge in [-0.15, -0.1) is 0 Å². The summed E-state index contributed by atoms with van der Waals surface area (Å²) in [4.78, 5) is 2.65. The minimum atomic E-state index is -0.162. The Kier molecular flexibility index (Phi) is 7.85. The van der Waals surface area contributed by atoms with E-state index in [1.165, 1.54) is 42.4 Å². The summed E-state index contributed by atoms with van der Waals surface area (Å²) < 4.78 is 13.3.